The van der Waals surface area contributed by atoms with Crippen LogP contribution in [0.4, 0.5) is 0 Å². The summed E-state index contributed by atoms with van der Waals surface area (Å²) >= 11 is 0. The number of rotatable bonds is 14. The molecule has 8 bridgehead atoms. The van der Waals surface area contributed by atoms with Gasteiger partial charge in [0.15, 0.2) is 5.30 Å². The second-order valence-electron chi connectivity index (χ2n) is 15.5. The number of amides is 1. The Kier molecular flexibility index (Phi) is 12.9. The highest BCUT2D eigenvalue weighted by atomic mass is 31.2. The van der Waals surface area contributed by atoms with Crippen molar-refractivity contribution in [1.29, 1.82) is 5.26 Å². The Labute approximate surface area is 328 Å². The third kappa shape index (κ3) is 7.69. The minimum absolute atomic E-state index is 0.0426. The van der Waals surface area contributed by atoms with E-state index < -0.39 is 19.8 Å². The molecule has 0 spiro atoms. The molecule has 5 heterocycles. The van der Waals surface area contributed by atoms with Gasteiger partial charge in [0.25, 0.3) is 0 Å². The molecule has 2 atom stereocenters. The number of nitrogens with zero attached hydrogens (tertiary/aromatic N) is 5. The number of fused-ring (bicyclic) bond motifs is 8. The maximum atomic E-state index is 13.7. The number of carbonyl (C=O) groups excluding carboxylic acids is 1. The zero-order valence-electron chi connectivity index (χ0n) is 35.0. The van der Waals surface area contributed by atoms with Crippen molar-refractivity contribution >= 4 is 63.4 Å². The number of nitrogens with one attached hydrogen (secondary N) is 1. The first kappa shape index (κ1) is 42.0. The van der Waals surface area contributed by atoms with Gasteiger partial charge in [0.2, 0.25) is 5.91 Å². The van der Waals surface area contributed by atoms with Crippen molar-refractivity contribution in [3.05, 3.63) is 63.7 Å². The van der Waals surface area contributed by atoms with Crippen molar-refractivity contribution < 1.29 is 14.2 Å². The second kappa shape index (κ2) is 16.9. The number of hydrogen-bond acceptors (Lipinski definition) is 7. The highest BCUT2D eigenvalue weighted by Gasteiger charge is 2.55. The van der Waals surface area contributed by atoms with Gasteiger partial charge in [-0.15, -0.1) is 4.67 Å². The van der Waals surface area contributed by atoms with Gasteiger partial charge in [0, 0.05) is 28.7 Å². The van der Waals surface area contributed by atoms with Crippen LogP contribution in [0.3, 0.4) is 0 Å². The summed E-state index contributed by atoms with van der Waals surface area (Å²) in [6, 6.07) is 9.58. The Morgan fingerprint density at radius 2 is 1.47 bits per heavy atom. The van der Waals surface area contributed by atoms with E-state index in [0.29, 0.717) is 17.2 Å². The number of aryl methyl sites for hydroxylation is 3. The van der Waals surface area contributed by atoms with Crippen molar-refractivity contribution in [3.63, 3.8) is 0 Å². The van der Waals surface area contributed by atoms with E-state index in [0.717, 1.165) is 92.9 Å². The van der Waals surface area contributed by atoms with Crippen LogP contribution in [0.2, 0.25) is 0 Å². The molecule has 0 aliphatic carbocycles. The van der Waals surface area contributed by atoms with Gasteiger partial charge < -0.3 is 15.3 Å². The molecular formula is C44H61N7O3P+. The highest BCUT2D eigenvalue weighted by molar-refractivity contribution is 7.71. The SMILES string of the molecule is CCCCC(C(N)=O)n1c2cc3nc(cc4[nH]c(cc5nc(cc1c([P+](O)(OCCC#N)N(C(C)C)C(C)C)c2C)C(CC)=C5C)c(C)c4CC)C(C)=C3C. The predicted octanol–water partition coefficient (Wildman–Crippen LogP) is 9.90. The highest BCUT2D eigenvalue weighted by Crippen LogP contribution is 2.62. The number of H-pyrrole nitrogens is 1. The number of nitriles is 1. The van der Waals surface area contributed by atoms with E-state index in [4.69, 9.17) is 20.2 Å². The number of primary amides is 1. The molecular weight excluding hydrogens is 706 g/mol. The van der Waals surface area contributed by atoms with Gasteiger partial charge in [-0.3, -0.25) is 4.79 Å². The molecule has 0 aromatic carbocycles. The largest absolute Gasteiger partial charge is 0.384 e. The third-order valence-corrected chi connectivity index (χ3v) is 14.6. The first-order chi connectivity index (χ1) is 26.1. The number of unbranched alkanes of at least 4 members (excludes halogenated alkanes) is 1. The number of allylic oxidation sites excluding steroid dienone is 4. The normalized spacial score (nSPS) is 15.0. The summed E-state index contributed by atoms with van der Waals surface area (Å²) in [5.41, 5.74) is 20.5. The molecule has 4 N–H and O–H groups in total. The van der Waals surface area contributed by atoms with Gasteiger partial charge in [-0.25, -0.2) is 9.97 Å². The maximum absolute atomic E-state index is 13.7. The summed E-state index contributed by atoms with van der Waals surface area (Å²) in [6.45, 7) is 25.1. The second-order valence-corrected chi connectivity index (χ2v) is 17.7. The first-order valence-corrected chi connectivity index (χ1v) is 21.5. The number of aromatic nitrogens is 4. The summed E-state index contributed by atoms with van der Waals surface area (Å²) in [5, 5.41) is 10.2. The fraction of sp³-hybridized carbons (Fsp3) is 0.500. The quantitative estimate of drug-likeness (QED) is 0.109. The van der Waals surface area contributed by atoms with Gasteiger partial charge in [0.1, 0.15) is 12.6 Å². The molecule has 2 aliphatic heterocycles. The molecule has 10 nitrogen and oxygen atoms in total. The van der Waals surface area contributed by atoms with E-state index in [2.05, 4.69) is 71.7 Å². The van der Waals surface area contributed by atoms with Crippen LogP contribution in [0.25, 0.3) is 44.4 Å². The lowest BCUT2D eigenvalue weighted by atomic mass is 10.0. The molecule has 55 heavy (non-hydrogen) atoms. The van der Waals surface area contributed by atoms with Crippen molar-refractivity contribution in [2.24, 2.45) is 5.73 Å². The van der Waals surface area contributed by atoms with Crippen LogP contribution in [0.15, 0.2) is 24.3 Å². The Morgan fingerprint density at radius 3 is 2.04 bits per heavy atom. The molecule has 294 valence electrons. The van der Waals surface area contributed by atoms with Gasteiger partial charge in [-0.05, 0) is 139 Å². The molecule has 0 radical (unpaired) electrons. The Balaban J connectivity index is 2.15. The predicted molar refractivity (Wildman–Crippen MR) is 229 cm³/mol. The lowest BCUT2D eigenvalue weighted by molar-refractivity contribution is -0.121. The number of aromatic amines is 1. The van der Waals surface area contributed by atoms with Gasteiger partial charge in [-0.1, -0.05) is 33.6 Å². The smallest absolute Gasteiger partial charge is 0.368 e. The fourth-order valence-corrected chi connectivity index (χ4v) is 11.6. The van der Waals surface area contributed by atoms with E-state index >= 15 is 0 Å². The van der Waals surface area contributed by atoms with Crippen LogP contribution in [-0.4, -0.2) is 53.7 Å². The Hall–Kier alpha value is -4.13. The van der Waals surface area contributed by atoms with Gasteiger partial charge in [-0.2, -0.15) is 14.7 Å². The summed E-state index contributed by atoms with van der Waals surface area (Å²) in [5.74, 6) is -0.455. The summed E-state index contributed by atoms with van der Waals surface area (Å²) < 4.78 is 10.7. The van der Waals surface area contributed by atoms with E-state index in [-0.39, 0.29) is 25.1 Å². The maximum Gasteiger partial charge on any atom is 0.384 e. The van der Waals surface area contributed by atoms with Crippen LogP contribution >= 0.6 is 7.87 Å². The van der Waals surface area contributed by atoms with E-state index in [1.165, 1.54) is 11.1 Å². The first-order valence-electron chi connectivity index (χ1n) is 19.9. The van der Waals surface area contributed by atoms with Crippen molar-refractivity contribution in [1.82, 2.24) is 24.2 Å². The van der Waals surface area contributed by atoms with Crippen molar-refractivity contribution in [3.8, 4) is 6.07 Å². The molecule has 0 saturated heterocycles. The Morgan fingerprint density at radius 1 is 0.891 bits per heavy atom. The third-order valence-electron chi connectivity index (χ3n) is 11.3. The minimum Gasteiger partial charge on any atom is -0.368 e. The number of carbonyl (C=O) groups is 1. The monoisotopic (exact) mass is 766 g/mol. The van der Waals surface area contributed by atoms with Gasteiger partial charge in [0.05, 0.1) is 46.3 Å². The van der Waals surface area contributed by atoms with E-state index in [9.17, 15) is 14.9 Å². The number of nitrogens with two attached hydrogens (primary N) is 1. The van der Waals surface area contributed by atoms with Crippen molar-refractivity contribution in [2.75, 3.05) is 6.61 Å². The van der Waals surface area contributed by atoms with Gasteiger partial charge >= 0.3 is 7.87 Å². The molecule has 1 amide bonds. The van der Waals surface area contributed by atoms with Crippen LogP contribution < -0.4 is 11.0 Å². The van der Waals surface area contributed by atoms with Crippen molar-refractivity contribution in [2.45, 2.75) is 140 Å². The standard InChI is InChI=1S/C44H60N7O3P/c1-13-16-18-40(44(46)52)50-41-23-37-28(9)27(8)34(47-37)22-38-32(14-2)29(10)35(48-38)21-36-30(11)33(15-3)39(49-36)24-42(50)43(31(41)12)55(53,54-20-17-19-45)51(25(4)5)26(6)7/h21-26,40,53H,13-18,20H2,1-12H3,(H2-,46,47,48,49,52)/p+1. The average Bonchev–Trinajstić information content (AvgIpc) is 3.76. The van der Waals surface area contributed by atoms with Crippen LogP contribution in [0, 0.1) is 25.2 Å². The van der Waals surface area contributed by atoms with Crippen LogP contribution in [0.5, 0.6) is 0 Å². The molecule has 11 heteroatoms. The zero-order chi connectivity index (χ0) is 40.5. The Bertz CT molecular complexity index is 2250. The fourth-order valence-electron chi connectivity index (χ4n) is 8.47. The van der Waals surface area contributed by atoms with Crippen LogP contribution in [-0.2, 0) is 15.7 Å². The topological polar surface area (TPSA) is 146 Å². The summed E-state index contributed by atoms with van der Waals surface area (Å²) in [7, 11) is -3.70. The summed E-state index contributed by atoms with van der Waals surface area (Å²) in [4.78, 5) is 41.4. The zero-order valence-corrected chi connectivity index (χ0v) is 35.9. The molecule has 2 aliphatic rings. The minimum atomic E-state index is -3.70. The molecule has 0 saturated carbocycles. The molecule has 2 unspecified atom stereocenters. The molecule has 0 fully saturated rings. The molecule has 5 rings (SSSR count). The average molecular weight is 767 g/mol. The lowest BCUT2D eigenvalue weighted by Crippen LogP contribution is -2.42. The van der Waals surface area contributed by atoms with E-state index in [1.807, 2.05) is 56.0 Å². The summed E-state index contributed by atoms with van der Waals surface area (Å²) in [6.07, 6.45) is 3.87. The van der Waals surface area contributed by atoms with Crippen LogP contribution in [0.1, 0.15) is 147 Å². The van der Waals surface area contributed by atoms with E-state index in [1.54, 1.807) is 0 Å². The number of hydrogen-bond donors (Lipinski definition) is 3. The lowest BCUT2D eigenvalue weighted by Gasteiger charge is -2.35. The molecule has 3 aromatic rings. The molecule has 3 aromatic heterocycles.